The number of rotatable bonds is 2. The monoisotopic (exact) mass is 320 g/mol. The molecule has 21 heavy (non-hydrogen) atoms. The molecule has 1 aromatic carbocycles. The van der Waals surface area contributed by atoms with Crippen LogP contribution in [-0.2, 0) is 12.8 Å². The SMILES string of the molecule is CC1CCc2c(sc(N)c2C(=O)Nc2ccc(Cl)cc2)C1. The summed E-state index contributed by atoms with van der Waals surface area (Å²) in [7, 11) is 0. The van der Waals surface area contributed by atoms with Crippen molar-refractivity contribution in [1.82, 2.24) is 0 Å². The summed E-state index contributed by atoms with van der Waals surface area (Å²) in [5.74, 6) is 0.546. The number of halogens is 1. The van der Waals surface area contributed by atoms with Crippen LogP contribution in [0.5, 0.6) is 0 Å². The molecular weight excluding hydrogens is 304 g/mol. The second-order valence-electron chi connectivity index (χ2n) is 5.55. The quantitative estimate of drug-likeness (QED) is 0.863. The van der Waals surface area contributed by atoms with E-state index in [9.17, 15) is 4.79 Å². The van der Waals surface area contributed by atoms with Crippen LogP contribution in [0.2, 0.25) is 5.02 Å². The molecule has 0 bridgehead atoms. The Bertz CT molecular complexity index is 678. The van der Waals surface area contributed by atoms with E-state index < -0.39 is 0 Å². The molecule has 5 heteroatoms. The zero-order valence-electron chi connectivity index (χ0n) is 11.8. The summed E-state index contributed by atoms with van der Waals surface area (Å²) < 4.78 is 0. The Morgan fingerprint density at radius 3 is 2.81 bits per heavy atom. The molecule has 0 saturated carbocycles. The van der Waals surface area contributed by atoms with Crippen LogP contribution in [0.15, 0.2) is 24.3 Å². The third kappa shape index (κ3) is 2.92. The van der Waals surface area contributed by atoms with E-state index in [1.807, 2.05) is 0 Å². The molecular formula is C16H17ClN2OS. The molecule has 0 fully saturated rings. The lowest BCUT2D eigenvalue weighted by Gasteiger charge is -2.18. The average Bonchev–Trinajstić information content (AvgIpc) is 2.76. The minimum atomic E-state index is -0.123. The fraction of sp³-hybridized carbons (Fsp3) is 0.312. The van der Waals surface area contributed by atoms with Crippen molar-refractivity contribution in [2.45, 2.75) is 26.2 Å². The number of carbonyl (C=O) groups is 1. The molecule has 1 aliphatic rings. The fourth-order valence-corrected chi connectivity index (χ4v) is 4.15. The van der Waals surface area contributed by atoms with Crippen LogP contribution in [0.25, 0.3) is 0 Å². The highest BCUT2D eigenvalue weighted by Gasteiger charge is 2.26. The van der Waals surface area contributed by atoms with Crippen molar-refractivity contribution in [2.75, 3.05) is 11.1 Å². The first kappa shape index (κ1) is 14.4. The molecule has 3 nitrogen and oxygen atoms in total. The molecule has 1 aliphatic carbocycles. The summed E-state index contributed by atoms with van der Waals surface area (Å²) in [5, 5.41) is 4.18. The fourth-order valence-electron chi connectivity index (χ4n) is 2.75. The van der Waals surface area contributed by atoms with Crippen LogP contribution in [0.4, 0.5) is 10.7 Å². The normalized spacial score (nSPS) is 17.3. The van der Waals surface area contributed by atoms with Gasteiger partial charge in [-0.25, -0.2) is 0 Å². The number of fused-ring (bicyclic) bond motifs is 1. The second-order valence-corrected chi connectivity index (χ2v) is 7.13. The second kappa shape index (κ2) is 5.70. The van der Waals surface area contributed by atoms with Crippen molar-refractivity contribution in [3.05, 3.63) is 45.3 Å². The summed E-state index contributed by atoms with van der Waals surface area (Å²) in [5.41, 5.74) is 8.62. The number of nitrogens with one attached hydrogen (secondary N) is 1. The maximum Gasteiger partial charge on any atom is 0.258 e. The molecule has 0 saturated heterocycles. The minimum Gasteiger partial charge on any atom is -0.390 e. The van der Waals surface area contributed by atoms with Crippen molar-refractivity contribution in [2.24, 2.45) is 5.92 Å². The molecule has 0 radical (unpaired) electrons. The van der Waals surface area contributed by atoms with Crippen molar-refractivity contribution in [1.29, 1.82) is 0 Å². The van der Waals surface area contributed by atoms with Gasteiger partial charge in [0, 0.05) is 15.6 Å². The van der Waals surface area contributed by atoms with Crippen LogP contribution in [0.1, 0.15) is 34.1 Å². The van der Waals surface area contributed by atoms with Gasteiger partial charge in [0.1, 0.15) is 0 Å². The lowest BCUT2D eigenvalue weighted by atomic mass is 9.88. The smallest absolute Gasteiger partial charge is 0.258 e. The Morgan fingerprint density at radius 1 is 1.38 bits per heavy atom. The number of amides is 1. The van der Waals surface area contributed by atoms with Gasteiger partial charge in [-0.15, -0.1) is 11.3 Å². The summed E-state index contributed by atoms with van der Waals surface area (Å²) in [6.07, 6.45) is 3.08. The maximum absolute atomic E-state index is 12.5. The highest BCUT2D eigenvalue weighted by Crippen LogP contribution is 2.38. The third-order valence-electron chi connectivity index (χ3n) is 3.87. The zero-order valence-corrected chi connectivity index (χ0v) is 13.4. The first-order valence-corrected chi connectivity index (χ1v) is 8.21. The molecule has 2 aromatic rings. The van der Waals surface area contributed by atoms with Crippen molar-refractivity contribution < 1.29 is 4.79 Å². The van der Waals surface area contributed by atoms with E-state index >= 15 is 0 Å². The van der Waals surface area contributed by atoms with E-state index in [1.165, 1.54) is 4.88 Å². The van der Waals surface area contributed by atoms with E-state index in [4.69, 9.17) is 17.3 Å². The van der Waals surface area contributed by atoms with Gasteiger partial charge in [-0.05, 0) is 55.0 Å². The molecule has 0 aliphatic heterocycles. The van der Waals surface area contributed by atoms with Crippen LogP contribution < -0.4 is 11.1 Å². The summed E-state index contributed by atoms with van der Waals surface area (Å²) in [6.45, 7) is 2.24. The van der Waals surface area contributed by atoms with Gasteiger partial charge in [0.2, 0.25) is 0 Å². The first-order chi connectivity index (χ1) is 10.0. The Morgan fingerprint density at radius 2 is 2.10 bits per heavy atom. The standard InChI is InChI=1S/C16H17ClN2OS/c1-9-2-7-12-13(8-9)21-15(18)14(12)16(20)19-11-5-3-10(17)4-6-11/h3-6,9H,2,7-8,18H2,1H3,(H,19,20). The topological polar surface area (TPSA) is 55.1 Å². The van der Waals surface area contributed by atoms with Crippen molar-refractivity contribution in [3.63, 3.8) is 0 Å². The molecule has 0 spiro atoms. The van der Waals surface area contributed by atoms with Crippen LogP contribution in [0, 0.1) is 5.92 Å². The molecule has 3 rings (SSSR count). The summed E-state index contributed by atoms with van der Waals surface area (Å²) in [4.78, 5) is 13.8. The lowest BCUT2D eigenvalue weighted by molar-refractivity contribution is 0.102. The molecule has 1 heterocycles. The number of thiophene rings is 1. The Labute approximate surface area is 133 Å². The van der Waals surface area contributed by atoms with Crippen molar-refractivity contribution >= 4 is 39.5 Å². The van der Waals surface area contributed by atoms with Gasteiger partial charge >= 0.3 is 0 Å². The molecule has 3 N–H and O–H groups in total. The number of benzene rings is 1. The van der Waals surface area contributed by atoms with E-state index in [2.05, 4.69) is 12.2 Å². The van der Waals surface area contributed by atoms with E-state index in [-0.39, 0.29) is 5.91 Å². The van der Waals surface area contributed by atoms with Crippen LogP contribution >= 0.6 is 22.9 Å². The summed E-state index contributed by atoms with van der Waals surface area (Å²) >= 11 is 7.41. The summed E-state index contributed by atoms with van der Waals surface area (Å²) in [6, 6.07) is 7.09. The molecule has 1 atom stereocenters. The number of anilines is 2. The number of nitrogen functional groups attached to an aromatic ring is 1. The van der Waals surface area contributed by atoms with Crippen molar-refractivity contribution in [3.8, 4) is 0 Å². The van der Waals surface area contributed by atoms with Crippen LogP contribution in [0.3, 0.4) is 0 Å². The van der Waals surface area contributed by atoms with E-state index in [0.717, 1.165) is 30.5 Å². The third-order valence-corrected chi connectivity index (χ3v) is 5.20. The Hall–Kier alpha value is -1.52. The Kier molecular flexibility index (Phi) is 3.91. The molecule has 1 amide bonds. The highest BCUT2D eigenvalue weighted by atomic mass is 35.5. The van der Waals surface area contributed by atoms with E-state index in [0.29, 0.717) is 21.5 Å². The number of carbonyl (C=O) groups excluding carboxylic acids is 1. The predicted molar refractivity (Wildman–Crippen MR) is 89.3 cm³/mol. The van der Waals surface area contributed by atoms with Crippen LogP contribution in [-0.4, -0.2) is 5.91 Å². The van der Waals surface area contributed by atoms with E-state index in [1.54, 1.807) is 35.6 Å². The Balaban J connectivity index is 1.86. The lowest BCUT2D eigenvalue weighted by Crippen LogP contribution is -2.17. The van der Waals surface area contributed by atoms with Gasteiger partial charge in [0.25, 0.3) is 5.91 Å². The average molecular weight is 321 g/mol. The number of nitrogens with two attached hydrogens (primary N) is 1. The first-order valence-electron chi connectivity index (χ1n) is 7.01. The zero-order chi connectivity index (χ0) is 15.0. The number of hydrogen-bond acceptors (Lipinski definition) is 3. The largest absolute Gasteiger partial charge is 0.390 e. The van der Waals surface area contributed by atoms with Gasteiger partial charge in [0.15, 0.2) is 0 Å². The molecule has 1 unspecified atom stereocenters. The number of hydrogen-bond donors (Lipinski definition) is 2. The van der Waals surface area contributed by atoms with Gasteiger partial charge in [-0.2, -0.15) is 0 Å². The minimum absolute atomic E-state index is 0.123. The van der Waals surface area contributed by atoms with Gasteiger partial charge in [-0.1, -0.05) is 18.5 Å². The highest BCUT2D eigenvalue weighted by molar-refractivity contribution is 7.16. The van der Waals surface area contributed by atoms with Gasteiger partial charge in [-0.3, -0.25) is 4.79 Å². The van der Waals surface area contributed by atoms with Gasteiger partial charge in [0.05, 0.1) is 10.6 Å². The maximum atomic E-state index is 12.5. The molecule has 1 aromatic heterocycles. The molecule has 110 valence electrons. The van der Waals surface area contributed by atoms with Gasteiger partial charge < -0.3 is 11.1 Å². The predicted octanol–water partition coefficient (Wildman–Crippen LogP) is 4.36.